The molecule has 0 spiro atoms. The zero-order chi connectivity index (χ0) is 49.5. The lowest BCUT2D eigenvalue weighted by Crippen LogP contribution is -2.44. The summed E-state index contributed by atoms with van der Waals surface area (Å²) in [6.45, 7) is 4.87. The van der Waals surface area contributed by atoms with Crippen LogP contribution in [0, 0.1) is 38.5 Å². The van der Waals surface area contributed by atoms with Gasteiger partial charge in [0.1, 0.15) is 34.9 Å². The number of aryl methyl sites for hydroxylation is 4. The van der Waals surface area contributed by atoms with Crippen molar-refractivity contribution in [3.05, 3.63) is 204 Å². The molecule has 7 N–H and O–H groups in total. The van der Waals surface area contributed by atoms with E-state index in [-0.39, 0.29) is 50.4 Å². The maximum Gasteiger partial charge on any atom is 0.146 e. The molecule has 0 radical (unpaired) electrons. The molecule has 6 atom stereocenters. The number of halogens is 7. The molecule has 0 heterocycles. The summed E-state index contributed by atoms with van der Waals surface area (Å²) < 4.78 is 81.5. The molecule has 0 saturated heterocycles. The van der Waals surface area contributed by atoms with Gasteiger partial charge in [-0.15, -0.1) is 0 Å². The van der Waals surface area contributed by atoms with Crippen LogP contribution >= 0.6 is 22.6 Å². The summed E-state index contributed by atoms with van der Waals surface area (Å²) in [5.41, 5.74) is 15.0. The highest BCUT2D eigenvalue weighted by molar-refractivity contribution is 14.1. The highest BCUT2D eigenvalue weighted by atomic mass is 127. The molecule has 2 aliphatic carbocycles. The van der Waals surface area contributed by atoms with Crippen molar-refractivity contribution in [1.29, 1.82) is 0 Å². The number of para-hydroxylation sites is 1. The highest BCUT2D eigenvalue weighted by Crippen LogP contribution is 2.32. The van der Waals surface area contributed by atoms with Crippen LogP contribution in [0.2, 0.25) is 0 Å². The van der Waals surface area contributed by atoms with Gasteiger partial charge in [0, 0.05) is 46.9 Å². The predicted octanol–water partition coefficient (Wildman–Crippen LogP) is 12.2. The van der Waals surface area contributed by atoms with Gasteiger partial charge >= 0.3 is 0 Å². The number of nitrogens with two attached hydrogens (primary N) is 1. The molecule has 2 aliphatic rings. The summed E-state index contributed by atoms with van der Waals surface area (Å²) in [7, 11) is 0. The summed E-state index contributed by atoms with van der Waals surface area (Å²) in [4.78, 5) is 0. The smallest absolute Gasteiger partial charge is 0.146 e. The van der Waals surface area contributed by atoms with Crippen molar-refractivity contribution >= 4 is 28.3 Å². The minimum atomic E-state index is -0.925. The second-order valence-corrected chi connectivity index (χ2v) is 19.0. The highest BCUT2D eigenvalue weighted by Gasteiger charge is 2.26. The first kappa shape index (κ1) is 56.1. The Balaban J connectivity index is 0.000000226. The molecule has 0 fully saturated rings. The van der Waals surface area contributed by atoms with E-state index in [4.69, 9.17) is 5.73 Å². The molecule has 13 heteroatoms. The van der Waals surface area contributed by atoms with E-state index in [9.17, 15) is 36.6 Å². The van der Waals surface area contributed by atoms with E-state index in [0.29, 0.717) is 21.2 Å². The number of aliphatic hydroxyl groups excluding tert-OH is 2. The Hall–Kier alpha value is -4.77. The third-order valence-corrected chi connectivity index (χ3v) is 13.7. The van der Waals surface area contributed by atoms with Crippen molar-refractivity contribution in [2.24, 2.45) is 5.73 Å². The molecule has 0 saturated carbocycles. The molecule has 0 aliphatic heterocycles. The SMILES string of the molecule is C.CCc1ccc2c(c1)[C@@H](NC[C@@H](O)[C@@H](N)Cc1cc(F)cc(F)c1)CCC2.CCc1ccc2c(c1)[C@@H](NC[C@@H](O)[C@H](Cc1cc(F)cc(F)c1)Nc1ccccc1F)CCC2.Fc1ccccc1I. The number of fused-ring (bicyclic) bond motifs is 2. The molecular weight excluding hydrogens is 1010 g/mol. The Morgan fingerprint density at radius 3 is 1.49 bits per heavy atom. The van der Waals surface area contributed by atoms with Crippen molar-refractivity contribution in [3.63, 3.8) is 0 Å². The van der Waals surface area contributed by atoms with Gasteiger partial charge < -0.3 is 31.9 Å². The second kappa shape index (κ2) is 27.7. The Morgan fingerprint density at radius 1 is 0.571 bits per heavy atom. The van der Waals surface area contributed by atoms with E-state index in [1.165, 1.54) is 69.8 Å². The zero-order valence-corrected chi connectivity index (χ0v) is 41.3. The molecule has 6 aromatic carbocycles. The lowest BCUT2D eigenvalue weighted by Gasteiger charge is -2.31. The number of rotatable bonds is 16. The third-order valence-electron chi connectivity index (χ3n) is 12.8. The molecule has 6 aromatic rings. The van der Waals surface area contributed by atoms with Gasteiger partial charge in [-0.2, -0.15) is 0 Å². The van der Waals surface area contributed by atoms with Crippen molar-refractivity contribution < 1.29 is 36.6 Å². The molecule has 0 amide bonds. The minimum absolute atomic E-state index is 0. The average Bonchev–Trinajstić information content (AvgIpc) is 3.33. The number of hydrogen-bond acceptors (Lipinski definition) is 6. The van der Waals surface area contributed by atoms with Crippen LogP contribution in [-0.4, -0.2) is 47.6 Å². The third kappa shape index (κ3) is 16.7. The Bertz CT molecular complexity index is 2520. The van der Waals surface area contributed by atoms with E-state index in [0.717, 1.165) is 63.5 Å². The van der Waals surface area contributed by atoms with E-state index in [2.05, 4.69) is 66.2 Å². The van der Waals surface area contributed by atoms with Gasteiger partial charge in [-0.3, -0.25) is 0 Å². The monoisotopic (exact) mass is 1080 g/mol. The topological polar surface area (TPSA) is 103 Å². The van der Waals surface area contributed by atoms with Gasteiger partial charge in [0.25, 0.3) is 0 Å². The van der Waals surface area contributed by atoms with E-state index >= 15 is 0 Å². The largest absolute Gasteiger partial charge is 0.390 e. The number of nitrogens with one attached hydrogen (secondary N) is 3. The number of hydrogen-bond donors (Lipinski definition) is 6. The molecule has 0 unspecified atom stereocenters. The van der Waals surface area contributed by atoms with Gasteiger partial charge in [0.15, 0.2) is 0 Å². The van der Waals surface area contributed by atoms with Crippen molar-refractivity contribution in [2.75, 3.05) is 18.4 Å². The van der Waals surface area contributed by atoms with Crippen LogP contribution in [0.3, 0.4) is 0 Å². The summed E-state index contributed by atoms with van der Waals surface area (Å²) >= 11 is 1.95. The fraction of sp³-hybridized carbons (Fsp3) is 0.368. The van der Waals surface area contributed by atoms with Gasteiger partial charge in [-0.05, 0) is 180 Å². The maximum atomic E-state index is 14.3. The first-order chi connectivity index (χ1) is 33.2. The van der Waals surface area contributed by atoms with Crippen LogP contribution in [0.25, 0.3) is 0 Å². The fourth-order valence-electron chi connectivity index (χ4n) is 9.00. The van der Waals surface area contributed by atoms with Gasteiger partial charge in [0.05, 0.1) is 23.9 Å². The number of benzene rings is 6. The Morgan fingerprint density at radius 2 is 1.03 bits per heavy atom. The van der Waals surface area contributed by atoms with E-state index < -0.39 is 53.4 Å². The van der Waals surface area contributed by atoms with E-state index in [1.54, 1.807) is 30.3 Å². The van der Waals surface area contributed by atoms with Crippen molar-refractivity contribution in [3.8, 4) is 0 Å². The summed E-state index contributed by atoms with van der Waals surface area (Å²) in [5.74, 6) is -3.22. The van der Waals surface area contributed by atoms with Gasteiger partial charge in [-0.25, -0.2) is 26.3 Å². The standard InChI is InChI=1S/C28H31F3N2O.C22H28F2N2O.C6H4FI.CH4/c1-2-18-10-11-20-6-5-9-25(23(20)14-18)32-17-28(34)27(33-26-8-4-3-7-24(26)31)15-19-12-21(29)16-22(30)13-19;1-2-14-6-7-16-4-3-5-21(19(16)10-14)26-13-22(27)20(25)11-15-8-17(23)12-18(24)9-15;7-5-3-1-2-4-6(5)8;/h3-4,7-8,10-14,16,25,27-28,32-34H,2,5-6,9,15,17H2,1H3;6-10,12,20-22,26-27H,2-5,11,13,25H2,1H3;1-4H;1H4/t25-,27-,28+;20-,21-,22+;;/m00../s1. The van der Waals surface area contributed by atoms with Crippen LogP contribution < -0.4 is 21.7 Å². The minimum Gasteiger partial charge on any atom is -0.390 e. The van der Waals surface area contributed by atoms with Crippen LogP contribution in [0.1, 0.15) is 104 Å². The summed E-state index contributed by atoms with van der Waals surface area (Å²) in [6, 6.07) is 31.8. The van der Waals surface area contributed by atoms with Crippen LogP contribution in [0.5, 0.6) is 0 Å². The number of anilines is 1. The van der Waals surface area contributed by atoms with Crippen LogP contribution in [0.4, 0.5) is 32.0 Å². The first-order valence-electron chi connectivity index (χ1n) is 23.8. The molecule has 6 nitrogen and oxygen atoms in total. The average molecular weight is 1080 g/mol. The number of aliphatic hydroxyl groups is 2. The summed E-state index contributed by atoms with van der Waals surface area (Å²) in [6.07, 6.45) is 6.89. The zero-order valence-electron chi connectivity index (χ0n) is 39.1. The van der Waals surface area contributed by atoms with Gasteiger partial charge in [0.2, 0.25) is 0 Å². The van der Waals surface area contributed by atoms with Gasteiger partial charge in [-0.1, -0.05) is 81.9 Å². The van der Waals surface area contributed by atoms with Crippen molar-refractivity contribution in [2.45, 2.75) is 122 Å². The van der Waals surface area contributed by atoms with Crippen molar-refractivity contribution in [1.82, 2.24) is 10.6 Å². The lowest BCUT2D eigenvalue weighted by atomic mass is 9.86. The fourth-order valence-corrected chi connectivity index (χ4v) is 9.39. The lowest BCUT2D eigenvalue weighted by molar-refractivity contribution is 0.136. The molecule has 376 valence electrons. The molecular formula is C57H67F6IN4O2. The molecule has 70 heavy (non-hydrogen) atoms. The molecule has 0 bridgehead atoms. The quantitative estimate of drug-likeness (QED) is 0.0426. The maximum absolute atomic E-state index is 14.3. The van der Waals surface area contributed by atoms with Crippen LogP contribution in [-0.2, 0) is 38.5 Å². The molecule has 0 aromatic heterocycles. The normalized spacial score (nSPS) is 16.6. The Labute approximate surface area is 423 Å². The summed E-state index contributed by atoms with van der Waals surface area (Å²) in [5, 5.41) is 31.5. The van der Waals surface area contributed by atoms with E-state index in [1.807, 2.05) is 28.7 Å². The Kier molecular flexibility index (Phi) is 22.2. The van der Waals surface area contributed by atoms with Crippen LogP contribution in [0.15, 0.2) is 121 Å². The second-order valence-electron chi connectivity index (χ2n) is 17.9. The first-order valence-corrected chi connectivity index (χ1v) is 24.9. The molecule has 8 rings (SSSR count). The predicted molar refractivity (Wildman–Crippen MR) is 279 cm³/mol.